The number of nitrogens with zero attached hydrogens (tertiary/aromatic N) is 3. The molecule has 22 heavy (non-hydrogen) atoms. The number of fused-ring (bicyclic) bond motifs is 1. The fourth-order valence-electron chi connectivity index (χ4n) is 2.60. The zero-order valence-corrected chi connectivity index (χ0v) is 12.0. The maximum atomic E-state index is 5.41. The third-order valence-corrected chi connectivity index (χ3v) is 3.66. The maximum Gasteiger partial charge on any atom is 0.139 e. The summed E-state index contributed by atoms with van der Waals surface area (Å²) in [7, 11) is 1.67. The summed E-state index contributed by atoms with van der Waals surface area (Å²) in [6.45, 7) is 0. The molecule has 0 aliphatic carbocycles. The first-order valence-corrected chi connectivity index (χ1v) is 6.98. The van der Waals surface area contributed by atoms with Crippen LogP contribution < -0.4 is 4.74 Å². The number of aromatic nitrogens is 4. The van der Waals surface area contributed by atoms with Gasteiger partial charge in [-0.2, -0.15) is 5.10 Å². The SMILES string of the molecule is COc1ccccc1-c1ccn(-c2ccnc3[nH]ccc23)n1. The molecule has 1 aromatic carbocycles. The van der Waals surface area contributed by atoms with Crippen LogP contribution in [0.1, 0.15) is 0 Å². The fraction of sp³-hybridized carbons (Fsp3) is 0.0588. The van der Waals surface area contributed by atoms with E-state index < -0.39 is 0 Å². The van der Waals surface area contributed by atoms with E-state index in [2.05, 4.69) is 15.1 Å². The third kappa shape index (κ3) is 1.95. The van der Waals surface area contributed by atoms with Gasteiger partial charge in [-0.1, -0.05) is 12.1 Å². The Bertz CT molecular complexity index is 938. The van der Waals surface area contributed by atoms with Crippen LogP contribution in [-0.2, 0) is 0 Å². The summed E-state index contributed by atoms with van der Waals surface area (Å²) in [5, 5.41) is 5.72. The number of aromatic amines is 1. The molecule has 0 radical (unpaired) electrons. The summed E-state index contributed by atoms with van der Waals surface area (Å²) < 4.78 is 7.27. The first-order valence-electron chi connectivity index (χ1n) is 6.98. The summed E-state index contributed by atoms with van der Waals surface area (Å²) in [5.74, 6) is 0.814. The van der Waals surface area contributed by atoms with Gasteiger partial charge in [-0.3, -0.25) is 0 Å². The number of nitrogens with one attached hydrogen (secondary N) is 1. The van der Waals surface area contributed by atoms with Crippen molar-refractivity contribution in [2.24, 2.45) is 0 Å². The van der Waals surface area contributed by atoms with Gasteiger partial charge in [-0.05, 0) is 30.3 Å². The molecule has 0 aliphatic rings. The van der Waals surface area contributed by atoms with Crippen molar-refractivity contribution in [3.63, 3.8) is 0 Å². The highest BCUT2D eigenvalue weighted by Gasteiger charge is 2.10. The molecule has 1 N–H and O–H groups in total. The van der Waals surface area contributed by atoms with Crippen molar-refractivity contribution in [1.82, 2.24) is 19.7 Å². The monoisotopic (exact) mass is 290 g/mol. The van der Waals surface area contributed by atoms with Gasteiger partial charge in [-0.25, -0.2) is 9.67 Å². The predicted octanol–water partition coefficient (Wildman–Crippen LogP) is 3.42. The second kappa shape index (κ2) is 5.04. The van der Waals surface area contributed by atoms with E-state index in [0.29, 0.717) is 0 Å². The molecule has 0 bridgehead atoms. The number of pyridine rings is 1. The number of para-hydroxylation sites is 1. The summed E-state index contributed by atoms with van der Waals surface area (Å²) in [5.41, 5.74) is 3.69. The highest BCUT2D eigenvalue weighted by atomic mass is 16.5. The number of hydrogen-bond acceptors (Lipinski definition) is 3. The van der Waals surface area contributed by atoms with Gasteiger partial charge in [0.1, 0.15) is 11.4 Å². The van der Waals surface area contributed by atoms with Crippen molar-refractivity contribution in [2.75, 3.05) is 7.11 Å². The summed E-state index contributed by atoms with van der Waals surface area (Å²) in [4.78, 5) is 7.42. The smallest absolute Gasteiger partial charge is 0.139 e. The fourth-order valence-corrected chi connectivity index (χ4v) is 2.60. The Morgan fingerprint density at radius 1 is 1.09 bits per heavy atom. The Labute approximate surface area is 127 Å². The average Bonchev–Trinajstić information content (AvgIpc) is 3.23. The lowest BCUT2D eigenvalue weighted by molar-refractivity contribution is 0.416. The van der Waals surface area contributed by atoms with E-state index >= 15 is 0 Å². The van der Waals surface area contributed by atoms with Crippen LogP contribution in [0.4, 0.5) is 0 Å². The number of benzene rings is 1. The lowest BCUT2D eigenvalue weighted by atomic mass is 10.1. The van der Waals surface area contributed by atoms with Gasteiger partial charge in [-0.15, -0.1) is 0 Å². The number of H-pyrrole nitrogens is 1. The largest absolute Gasteiger partial charge is 0.496 e. The minimum atomic E-state index is 0.814. The Kier molecular flexibility index (Phi) is 2.89. The molecule has 0 unspecified atom stereocenters. The quantitative estimate of drug-likeness (QED) is 0.629. The van der Waals surface area contributed by atoms with Gasteiger partial charge in [0.25, 0.3) is 0 Å². The van der Waals surface area contributed by atoms with E-state index in [9.17, 15) is 0 Å². The summed E-state index contributed by atoms with van der Waals surface area (Å²) in [6.07, 6.45) is 5.61. The van der Waals surface area contributed by atoms with E-state index in [1.165, 1.54) is 0 Å². The van der Waals surface area contributed by atoms with Crippen molar-refractivity contribution < 1.29 is 4.74 Å². The second-order valence-electron chi connectivity index (χ2n) is 4.92. The third-order valence-electron chi connectivity index (χ3n) is 3.66. The van der Waals surface area contributed by atoms with Crippen LogP contribution >= 0.6 is 0 Å². The molecule has 108 valence electrons. The zero-order chi connectivity index (χ0) is 14.9. The summed E-state index contributed by atoms with van der Waals surface area (Å²) >= 11 is 0. The van der Waals surface area contributed by atoms with E-state index in [4.69, 9.17) is 4.74 Å². The van der Waals surface area contributed by atoms with Crippen molar-refractivity contribution in [2.45, 2.75) is 0 Å². The topological polar surface area (TPSA) is 55.7 Å². The minimum Gasteiger partial charge on any atom is -0.496 e. The highest BCUT2D eigenvalue weighted by molar-refractivity contribution is 5.84. The molecule has 0 atom stereocenters. The standard InChI is InChI=1S/C17H14N4O/c1-22-16-5-3-2-4-12(16)14-8-11-21(20-14)15-7-10-19-17-13(15)6-9-18-17/h2-11H,1H3,(H,18,19). The molecule has 3 heterocycles. The number of methoxy groups -OCH3 is 1. The van der Waals surface area contributed by atoms with Gasteiger partial charge < -0.3 is 9.72 Å². The van der Waals surface area contributed by atoms with Gasteiger partial charge in [0.2, 0.25) is 0 Å². The maximum absolute atomic E-state index is 5.41. The first kappa shape index (κ1) is 12.6. The van der Waals surface area contributed by atoms with Crippen LogP contribution in [0.2, 0.25) is 0 Å². The molecular formula is C17H14N4O. The molecule has 0 saturated heterocycles. The molecule has 0 amide bonds. The molecule has 0 aliphatic heterocycles. The van der Waals surface area contributed by atoms with Crippen LogP contribution in [0.15, 0.2) is 61.1 Å². The molecule has 5 nitrogen and oxygen atoms in total. The molecule has 0 fully saturated rings. The van der Waals surface area contributed by atoms with E-state index in [1.807, 2.05) is 59.5 Å². The first-order chi connectivity index (χ1) is 10.9. The highest BCUT2D eigenvalue weighted by Crippen LogP contribution is 2.29. The normalized spacial score (nSPS) is 11.0. The molecule has 4 rings (SSSR count). The average molecular weight is 290 g/mol. The van der Waals surface area contributed by atoms with Crippen LogP contribution in [-0.4, -0.2) is 26.9 Å². The molecule has 4 aromatic rings. The van der Waals surface area contributed by atoms with Gasteiger partial charge in [0.05, 0.1) is 18.5 Å². The van der Waals surface area contributed by atoms with Crippen LogP contribution in [0.3, 0.4) is 0 Å². The zero-order valence-electron chi connectivity index (χ0n) is 12.0. The predicted molar refractivity (Wildman–Crippen MR) is 85.2 cm³/mol. The lowest BCUT2D eigenvalue weighted by Crippen LogP contribution is -1.96. The van der Waals surface area contributed by atoms with Crippen LogP contribution in [0, 0.1) is 0 Å². The summed E-state index contributed by atoms with van der Waals surface area (Å²) in [6, 6.07) is 13.8. The number of rotatable bonds is 3. The Morgan fingerprint density at radius 3 is 2.91 bits per heavy atom. The Balaban J connectivity index is 1.83. The van der Waals surface area contributed by atoms with Crippen LogP contribution in [0.5, 0.6) is 5.75 Å². The van der Waals surface area contributed by atoms with E-state index in [0.717, 1.165) is 33.7 Å². The second-order valence-corrected chi connectivity index (χ2v) is 4.92. The van der Waals surface area contributed by atoms with Gasteiger partial charge >= 0.3 is 0 Å². The molecule has 0 spiro atoms. The minimum absolute atomic E-state index is 0.814. The van der Waals surface area contributed by atoms with Crippen molar-refractivity contribution in [1.29, 1.82) is 0 Å². The molecular weight excluding hydrogens is 276 g/mol. The number of ether oxygens (including phenoxy) is 1. The van der Waals surface area contributed by atoms with Gasteiger partial charge in [0, 0.05) is 29.5 Å². The van der Waals surface area contributed by atoms with Crippen LogP contribution in [0.25, 0.3) is 28.0 Å². The lowest BCUT2D eigenvalue weighted by Gasteiger charge is -2.06. The number of hydrogen-bond donors (Lipinski definition) is 1. The Hall–Kier alpha value is -3.08. The van der Waals surface area contributed by atoms with E-state index in [1.54, 1.807) is 13.3 Å². The van der Waals surface area contributed by atoms with E-state index in [-0.39, 0.29) is 0 Å². The van der Waals surface area contributed by atoms with Crippen molar-refractivity contribution in [3.8, 4) is 22.7 Å². The van der Waals surface area contributed by atoms with Crippen molar-refractivity contribution in [3.05, 3.63) is 61.1 Å². The van der Waals surface area contributed by atoms with Crippen molar-refractivity contribution >= 4 is 11.0 Å². The molecule has 0 saturated carbocycles. The Morgan fingerprint density at radius 2 is 2.00 bits per heavy atom. The molecule has 5 heteroatoms. The van der Waals surface area contributed by atoms with Gasteiger partial charge in [0.15, 0.2) is 0 Å². The molecule has 3 aromatic heterocycles.